The third-order valence-corrected chi connectivity index (χ3v) is 4.26. The number of rotatable bonds is 4. The molecule has 5 heteroatoms. The van der Waals surface area contributed by atoms with Gasteiger partial charge in [-0.25, -0.2) is 4.99 Å². The molecular weight excluding hydrogens is 357 g/mol. The number of benzene rings is 1. The maximum Gasteiger partial charge on any atom is 0.204 e. The summed E-state index contributed by atoms with van der Waals surface area (Å²) in [5, 5.41) is 0. The molecule has 132 valence electrons. The number of carbonyl (C=O) groups is 1. The van der Waals surface area contributed by atoms with E-state index in [1.54, 1.807) is 12.3 Å². The predicted octanol–water partition coefficient (Wildman–Crippen LogP) is 4.11. The quantitative estimate of drug-likeness (QED) is 0.753. The van der Waals surface area contributed by atoms with E-state index < -0.39 is 0 Å². The van der Waals surface area contributed by atoms with Crippen LogP contribution in [0.5, 0.6) is 0 Å². The van der Waals surface area contributed by atoms with E-state index in [0.717, 1.165) is 35.6 Å². The summed E-state index contributed by atoms with van der Waals surface area (Å²) in [6, 6.07) is 10.0. The number of pyridine rings is 1. The Morgan fingerprint density at radius 1 is 1.12 bits per heavy atom. The Morgan fingerprint density at radius 2 is 1.88 bits per heavy atom. The Labute approximate surface area is 158 Å². The van der Waals surface area contributed by atoms with Crippen molar-refractivity contribution >= 4 is 22.9 Å². The van der Waals surface area contributed by atoms with Crippen LogP contribution in [0.15, 0.2) is 53.7 Å². The third-order valence-electron chi connectivity index (χ3n) is 4.26. The summed E-state index contributed by atoms with van der Waals surface area (Å²) in [4.78, 5) is 23.2. The molecule has 0 spiro atoms. The molecule has 0 atom stereocenters. The molecule has 2 aromatic rings. The van der Waals surface area contributed by atoms with Gasteiger partial charge in [0, 0.05) is 47.0 Å². The van der Waals surface area contributed by atoms with Crippen molar-refractivity contribution in [2.45, 2.75) is 20.8 Å². The van der Waals surface area contributed by atoms with Gasteiger partial charge in [0.25, 0.3) is 0 Å². The molecule has 0 bridgehead atoms. The third kappa shape index (κ3) is 3.88. The first-order valence-corrected chi connectivity index (χ1v) is 8.26. The topological polar surface area (TPSA) is 45.6 Å². The van der Waals surface area contributed by atoms with Gasteiger partial charge in [-0.05, 0) is 68.8 Å². The van der Waals surface area contributed by atoms with Crippen molar-refractivity contribution in [3.63, 3.8) is 0 Å². The fraction of sp³-hybridized carbons (Fsp3) is 0.250. The smallest absolute Gasteiger partial charge is 0.204 e. The van der Waals surface area contributed by atoms with Gasteiger partial charge in [0.05, 0.1) is 11.4 Å². The normalized spacial score (nSPS) is 14.2. The summed E-state index contributed by atoms with van der Waals surface area (Å²) in [7, 11) is 0. The zero-order valence-corrected chi connectivity index (χ0v) is 15.6. The van der Waals surface area contributed by atoms with Crippen LogP contribution in [0.25, 0.3) is 0 Å². The molecule has 0 radical (unpaired) electrons. The zero-order chi connectivity index (χ0) is 17.1. The number of nitrogens with zero attached hydrogens (tertiary/aromatic N) is 3. The van der Waals surface area contributed by atoms with Crippen LogP contribution in [0, 0.1) is 6.92 Å². The minimum Gasteiger partial charge on any atom is -0.372 e. The van der Waals surface area contributed by atoms with Crippen molar-refractivity contribution < 1.29 is 21.3 Å². The van der Waals surface area contributed by atoms with E-state index >= 15 is 0 Å². The molecule has 4 nitrogen and oxygen atoms in total. The number of anilines is 1. The van der Waals surface area contributed by atoms with E-state index in [1.807, 2.05) is 18.2 Å². The number of ketones is 1. The van der Waals surface area contributed by atoms with Gasteiger partial charge in [-0.15, -0.1) is 0 Å². The average molecular weight is 378 g/mol. The molecule has 0 amide bonds. The van der Waals surface area contributed by atoms with Crippen molar-refractivity contribution in [2.75, 3.05) is 18.0 Å². The second kappa shape index (κ2) is 8.22. The molecule has 1 aromatic carbocycles. The molecule has 0 aliphatic heterocycles. The molecule has 0 saturated heterocycles. The predicted molar refractivity (Wildman–Crippen MR) is 98.6 cm³/mol. The molecule has 1 aliphatic rings. The molecule has 1 heterocycles. The Morgan fingerprint density at radius 3 is 2.56 bits per heavy atom. The fourth-order valence-corrected chi connectivity index (χ4v) is 2.91. The first-order valence-electron chi connectivity index (χ1n) is 8.26. The Balaban J connectivity index is 0.00000225. The summed E-state index contributed by atoms with van der Waals surface area (Å²) >= 11 is 0. The van der Waals surface area contributed by atoms with Crippen molar-refractivity contribution in [1.29, 1.82) is 0 Å². The van der Waals surface area contributed by atoms with E-state index in [0.29, 0.717) is 5.69 Å². The van der Waals surface area contributed by atoms with Gasteiger partial charge >= 0.3 is 0 Å². The maximum atomic E-state index is 11.9. The number of allylic oxidation sites excluding steroid dienone is 2. The molecule has 3 rings (SSSR count). The SMILES string of the molecule is CCN(CC)c1ccc(N=C2C=CC(=O)c3ncccc32)c(C)c1.[Ni]. The van der Waals surface area contributed by atoms with E-state index in [1.165, 1.54) is 11.8 Å². The van der Waals surface area contributed by atoms with Gasteiger partial charge in [0.1, 0.15) is 5.69 Å². The summed E-state index contributed by atoms with van der Waals surface area (Å²) in [5.74, 6) is -0.0712. The largest absolute Gasteiger partial charge is 0.372 e. The Kier molecular flexibility index (Phi) is 6.27. The molecule has 1 aromatic heterocycles. The van der Waals surface area contributed by atoms with Gasteiger partial charge in [0.2, 0.25) is 5.78 Å². The molecule has 0 fully saturated rings. The first kappa shape index (κ1) is 19.1. The van der Waals surface area contributed by atoms with E-state index in [9.17, 15) is 4.79 Å². The Hall–Kier alpha value is -2.26. The second-order valence-electron chi connectivity index (χ2n) is 5.74. The standard InChI is InChI=1S/C20H21N3O.Ni/c1-4-23(5-2)15-8-9-17(14(3)13-15)22-18-10-11-19(24)20-16(18)7-6-12-21-20;/h6-13H,4-5H2,1-3H3;. The van der Waals surface area contributed by atoms with Crippen LogP contribution >= 0.6 is 0 Å². The van der Waals surface area contributed by atoms with Crippen LogP contribution < -0.4 is 4.90 Å². The minimum absolute atomic E-state index is 0. The van der Waals surface area contributed by atoms with Crippen LogP contribution in [0.1, 0.15) is 35.5 Å². The van der Waals surface area contributed by atoms with Crippen molar-refractivity contribution in [1.82, 2.24) is 4.98 Å². The molecule has 25 heavy (non-hydrogen) atoms. The van der Waals surface area contributed by atoms with Gasteiger partial charge < -0.3 is 4.90 Å². The first-order chi connectivity index (χ1) is 11.6. The van der Waals surface area contributed by atoms with Gasteiger partial charge in [-0.3, -0.25) is 9.78 Å². The Bertz CT molecular complexity index is 839. The number of fused-ring (bicyclic) bond motifs is 1. The second-order valence-corrected chi connectivity index (χ2v) is 5.74. The summed E-state index contributed by atoms with van der Waals surface area (Å²) < 4.78 is 0. The van der Waals surface area contributed by atoms with Crippen LogP contribution in [-0.4, -0.2) is 29.6 Å². The van der Waals surface area contributed by atoms with E-state index in [-0.39, 0.29) is 22.3 Å². The molecule has 0 unspecified atom stereocenters. The zero-order valence-electron chi connectivity index (χ0n) is 14.6. The summed E-state index contributed by atoms with van der Waals surface area (Å²) in [5.41, 5.74) is 5.26. The number of aliphatic imine (C=N–C) groups is 1. The maximum absolute atomic E-state index is 11.9. The van der Waals surface area contributed by atoms with Crippen molar-refractivity contribution in [3.8, 4) is 0 Å². The van der Waals surface area contributed by atoms with Crippen LogP contribution in [0.3, 0.4) is 0 Å². The van der Waals surface area contributed by atoms with Crippen LogP contribution in [0.2, 0.25) is 0 Å². The number of aromatic nitrogens is 1. The number of hydrogen-bond acceptors (Lipinski definition) is 4. The van der Waals surface area contributed by atoms with Crippen LogP contribution in [-0.2, 0) is 16.5 Å². The molecular formula is C20H21N3NiO. The summed E-state index contributed by atoms with van der Waals surface area (Å²) in [6.45, 7) is 8.33. The molecule has 0 N–H and O–H groups in total. The van der Waals surface area contributed by atoms with Gasteiger partial charge in [-0.1, -0.05) is 0 Å². The van der Waals surface area contributed by atoms with E-state index in [4.69, 9.17) is 4.99 Å². The van der Waals surface area contributed by atoms with Gasteiger partial charge in [0.15, 0.2) is 0 Å². The fourth-order valence-electron chi connectivity index (χ4n) is 2.91. The van der Waals surface area contributed by atoms with Crippen molar-refractivity contribution in [2.24, 2.45) is 4.99 Å². The van der Waals surface area contributed by atoms with Crippen LogP contribution in [0.4, 0.5) is 11.4 Å². The number of hydrogen-bond donors (Lipinski definition) is 0. The monoisotopic (exact) mass is 377 g/mol. The molecule has 1 aliphatic carbocycles. The molecule has 0 saturated carbocycles. The van der Waals surface area contributed by atoms with Crippen molar-refractivity contribution in [3.05, 3.63) is 65.5 Å². The number of aryl methyl sites for hydroxylation is 1. The van der Waals surface area contributed by atoms with Gasteiger partial charge in [-0.2, -0.15) is 0 Å². The minimum atomic E-state index is -0.0712. The van der Waals surface area contributed by atoms with E-state index in [2.05, 4.69) is 42.8 Å². The number of carbonyl (C=O) groups excluding carboxylic acids is 1. The summed E-state index contributed by atoms with van der Waals surface area (Å²) in [6.07, 6.45) is 4.94. The average Bonchev–Trinajstić information content (AvgIpc) is 2.60.